The standard InChI is InChI=1S/C10H17N5O4/c1-19-6-7(16)4-5-12-10-8(15(17)18)2-3-9(13-10)14-11/h2-3,7,16H,4-6,11H2,1H3,(H2,12,13,14). The van der Waals surface area contributed by atoms with Crippen LogP contribution in [-0.2, 0) is 4.74 Å². The quantitative estimate of drug-likeness (QED) is 0.296. The minimum Gasteiger partial charge on any atom is -0.391 e. The first-order chi connectivity index (χ1) is 9.08. The molecular weight excluding hydrogens is 254 g/mol. The first-order valence-corrected chi connectivity index (χ1v) is 5.61. The van der Waals surface area contributed by atoms with Crippen LogP contribution in [0.1, 0.15) is 6.42 Å². The number of nitrogens with zero attached hydrogens (tertiary/aromatic N) is 2. The molecule has 0 aliphatic rings. The van der Waals surface area contributed by atoms with Crippen molar-refractivity contribution in [2.75, 3.05) is 31.0 Å². The third kappa shape index (κ3) is 4.66. The number of rotatable bonds is 8. The van der Waals surface area contributed by atoms with E-state index in [1.165, 1.54) is 19.2 Å². The second-order valence-electron chi connectivity index (χ2n) is 3.79. The van der Waals surface area contributed by atoms with Crippen molar-refractivity contribution in [2.24, 2.45) is 5.84 Å². The van der Waals surface area contributed by atoms with Crippen molar-refractivity contribution in [3.05, 3.63) is 22.2 Å². The highest BCUT2D eigenvalue weighted by atomic mass is 16.6. The number of nitrogens with one attached hydrogen (secondary N) is 2. The van der Waals surface area contributed by atoms with Gasteiger partial charge in [0.25, 0.3) is 0 Å². The van der Waals surface area contributed by atoms with Gasteiger partial charge in [0.05, 0.1) is 17.6 Å². The molecule has 1 unspecified atom stereocenters. The summed E-state index contributed by atoms with van der Waals surface area (Å²) in [6.07, 6.45) is -0.250. The van der Waals surface area contributed by atoms with E-state index in [0.29, 0.717) is 18.8 Å². The number of ether oxygens (including phenoxy) is 1. The molecule has 0 bridgehead atoms. The van der Waals surface area contributed by atoms with E-state index in [0.717, 1.165) is 0 Å². The zero-order valence-electron chi connectivity index (χ0n) is 10.5. The van der Waals surface area contributed by atoms with Crippen molar-refractivity contribution < 1.29 is 14.8 Å². The summed E-state index contributed by atoms with van der Waals surface area (Å²) in [5.74, 6) is 5.61. The lowest BCUT2D eigenvalue weighted by atomic mass is 10.2. The molecule has 106 valence electrons. The fourth-order valence-electron chi connectivity index (χ4n) is 1.44. The largest absolute Gasteiger partial charge is 0.391 e. The number of hydrogen-bond donors (Lipinski definition) is 4. The van der Waals surface area contributed by atoms with Crippen molar-refractivity contribution in [1.82, 2.24) is 4.98 Å². The average molecular weight is 271 g/mol. The number of nitro groups is 1. The Morgan fingerprint density at radius 1 is 1.63 bits per heavy atom. The van der Waals surface area contributed by atoms with Crippen LogP contribution < -0.4 is 16.6 Å². The molecule has 1 heterocycles. The molecule has 1 aromatic rings. The Kier molecular flexibility index (Phi) is 5.93. The monoisotopic (exact) mass is 271 g/mol. The molecule has 0 saturated heterocycles. The number of aliphatic hydroxyl groups excluding tert-OH is 1. The minimum absolute atomic E-state index is 0.102. The van der Waals surface area contributed by atoms with Gasteiger partial charge in [-0.2, -0.15) is 0 Å². The van der Waals surface area contributed by atoms with Crippen molar-refractivity contribution in [3.63, 3.8) is 0 Å². The molecule has 1 rings (SSSR count). The smallest absolute Gasteiger partial charge is 0.311 e. The third-order valence-corrected chi connectivity index (χ3v) is 2.35. The van der Waals surface area contributed by atoms with Gasteiger partial charge in [-0.3, -0.25) is 10.1 Å². The van der Waals surface area contributed by atoms with E-state index in [9.17, 15) is 15.2 Å². The molecule has 0 radical (unpaired) electrons. The summed E-state index contributed by atoms with van der Waals surface area (Å²) in [4.78, 5) is 14.2. The molecule has 1 atom stereocenters. The fourth-order valence-corrected chi connectivity index (χ4v) is 1.44. The Hall–Kier alpha value is -1.97. The fraction of sp³-hybridized carbons (Fsp3) is 0.500. The summed E-state index contributed by atoms with van der Waals surface area (Å²) in [7, 11) is 1.49. The Bertz CT molecular complexity index is 428. The maximum Gasteiger partial charge on any atom is 0.311 e. The molecule has 9 nitrogen and oxygen atoms in total. The van der Waals surface area contributed by atoms with E-state index in [2.05, 4.69) is 15.7 Å². The van der Waals surface area contributed by atoms with Crippen molar-refractivity contribution in [1.29, 1.82) is 0 Å². The van der Waals surface area contributed by atoms with E-state index in [-0.39, 0.29) is 18.1 Å². The predicted molar refractivity (Wildman–Crippen MR) is 69.7 cm³/mol. The predicted octanol–water partition coefficient (Wildman–Crippen LogP) is 0.0847. The summed E-state index contributed by atoms with van der Waals surface area (Å²) < 4.78 is 4.78. The molecule has 0 saturated carbocycles. The molecule has 0 aromatic carbocycles. The molecule has 1 aromatic heterocycles. The number of anilines is 2. The van der Waals surface area contributed by atoms with Gasteiger partial charge in [0.2, 0.25) is 5.82 Å². The number of nitrogens with two attached hydrogens (primary N) is 1. The molecule has 19 heavy (non-hydrogen) atoms. The van der Waals surface area contributed by atoms with Gasteiger partial charge in [-0.15, -0.1) is 0 Å². The molecule has 0 amide bonds. The van der Waals surface area contributed by atoms with Crippen molar-refractivity contribution in [3.8, 4) is 0 Å². The summed E-state index contributed by atoms with van der Waals surface area (Å²) in [5, 5.41) is 23.1. The van der Waals surface area contributed by atoms with Crippen LogP contribution in [0.15, 0.2) is 12.1 Å². The molecular formula is C10H17N5O4. The van der Waals surface area contributed by atoms with Gasteiger partial charge in [-0.05, 0) is 12.5 Å². The lowest BCUT2D eigenvalue weighted by molar-refractivity contribution is -0.384. The Morgan fingerprint density at radius 3 is 2.95 bits per heavy atom. The molecule has 0 aliphatic heterocycles. The van der Waals surface area contributed by atoms with Gasteiger partial charge in [0.15, 0.2) is 0 Å². The zero-order valence-corrected chi connectivity index (χ0v) is 10.5. The Morgan fingerprint density at radius 2 is 2.37 bits per heavy atom. The van der Waals surface area contributed by atoms with Crippen LogP contribution in [0.5, 0.6) is 0 Å². The summed E-state index contributed by atoms with van der Waals surface area (Å²) in [5.41, 5.74) is 2.16. The number of aliphatic hydroxyl groups is 1. The summed E-state index contributed by atoms with van der Waals surface area (Å²) >= 11 is 0. The van der Waals surface area contributed by atoms with Gasteiger partial charge >= 0.3 is 5.69 Å². The highest BCUT2D eigenvalue weighted by molar-refractivity contribution is 5.59. The van der Waals surface area contributed by atoms with Crippen LogP contribution >= 0.6 is 0 Å². The van der Waals surface area contributed by atoms with E-state index >= 15 is 0 Å². The maximum absolute atomic E-state index is 10.8. The molecule has 5 N–H and O–H groups in total. The van der Waals surface area contributed by atoms with Crippen LogP contribution in [0.3, 0.4) is 0 Å². The first-order valence-electron chi connectivity index (χ1n) is 5.61. The number of pyridine rings is 1. The molecule has 0 spiro atoms. The average Bonchev–Trinajstić information content (AvgIpc) is 2.38. The lowest BCUT2D eigenvalue weighted by Gasteiger charge is -2.11. The Balaban J connectivity index is 2.67. The van der Waals surface area contributed by atoms with Gasteiger partial charge in [0, 0.05) is 19.7 Å². The molecule has 9 heteroatoms. The van der Waals surface area contributed by atoms with Gasteiger partial charge in [0.1, 0.15) is 5.82 Å². The summed E-state index contributed by atoms with van der Waals surface area (Å²) in [6.45, 7) is 0.536. The highest BCUT2D eigenvalue weighted by Crippen LogP contribution is 2.23. The van der Waals surface area contributed by atoms with E-state index in [1.807, 2.05) is 0 Å². The normalized spacial score (nSPS) is 11.9. The number of aromatic nitrogens is 1. The first kappa shape index (κ1) is 15.1. The van der Waals surface area contributed by atoms with E-state index in [1.54, 1.807) is 0 Å². The van der Waals surface area contributed by atoms with Crippen LogP contribution in [0.2, 0.25) is 0 Å². The van der Waals surface area contributed by atoms with Crippen molar-refractivity contribution in [2.45, 2.75) is 12.5 Å². The Labute approximate surface area is 109 Å². The maximum atomic E-state index is 10.8. The highest BCUT2D eigenvalue weighted by Gasteiger charge is 2.15. The van der Waals surface area contributed by atoms with E-state index in [4.69, 9.17) is 10.6 Å². The van der Waals surface area contributed by atoms with Gasteiger partial charge < -0.3 is 20.6 Å². The van der Waals surface area contributed by atoms with Crippen LogP contribution in [-0.4, -0.2) is 41.4 Å². The number of nitrogen functional groups attached to an aromatic ring is 1. The van der Waals surface area contributed by atoms with Crippen LogP contribution in [0.25, 0.3) is 0 Å². The summed E-state index contributed by atoms with van der Waals surface area (Å²) in [6, 6.07) is 2.71. The second kappa shape index (κ2) is 7.46. The third-order valence-electron chi connectivity index (χ3n) is 2.35. The number of hydrogen-bond acceptors (Lipinski definition) is 8. The molecule has 0 aliphatic carbocycles. The van der Waals surface area contributed by atoms with Crippen LogP contribution in [0.4, 0.5) is 17.3 Å². The van der Waals surface area contributed by atoms with Crippen molar-refractivity contribution >= 4 is 17.3 Å². The van der Waals surface area contributed by atoms with Crippen LogP contribution in [0, 0.1) is 10.1 Å². The number of methoxy groups -OCH3 is 1. The minimum atomic E-state index is -0.632. The zero-order chi connectivity index (χ0) is 14.3. The topological polar surface area (TPSA) is 136 Å². The molecule has 0 fully saturated rings. The lowest BCUT2D eigenvalue weighted by Crippen LogP contribution is -2.19. The van der Waals surface area contributed by atoms with Gasteiger partial charge in [-0.1, -0.05) is 0 Å². The second-order valence-corrected chi connectivity index (χ2v) is 3.79. The number of hydrazine groups is 1. The van der Waals surface area contributed by atoms with E-state index < -0.39 is 11.0 Å². The SMILES string of the molecule is COCC(O)CCNc1nc(NN)ccc1[N+](=O)[O-]. The van der Waals surface area contributed by atoms with Gasteiger partial charge in [-0.25, -0.2) is 10.8 Å².